The monoisotopic (exact) mass is 341 g/mol. The van der Waals surface area contributed by atoms with Gasteiger partial charge in [-0.15, -0.1) is 0 Å². The van der Waals surface area contributed by atoms with Crippen LogP contribution >= 0.6 is 23.2 Å². The number of carbonyl (C=O) groups is 1. The topological polar surface area (TPSA) is 29.1 Å². The smallest absolute Gasteiger partial charge is 0.225 e. The Labute approximate surface area is 144 Å². The Hall–Kier alpha value is -2.03. The molecule has 0 spiro atoms. The summed E-state index contributed by atoms with van der Waals surface area (Å²) < 4.78 is 0. The van der Waals surface area contributed by atoms with Gasteiger partial charge in [-0.25, -0.2) is 0 Å². The minimum absolute atomic E-state index is 0.00572. The van der Waals surface area contributed by atoms with Crippen LogP contribution in [0.15, 0.2) is 54.6 Å². The lowest BCUT2D eigenvalue weighted by atomic mass is 9.82. The van der Waals surface area contributed by atoms with Crippen LogP contribution in [0.5, 0.6) is 0 Å². The summed E-state index contributed by atoms with van der Waals surface area (Å²) in [5.74, 6) is -0.107. The molecule has 4 heteroatoms. The van der Waals surface area contributed by atoms with Crippen LogP contribution in [-0.2, 0) is 4.79 Å². The summed E-state index contributed by atoms with van der Waals surface area (Å²) in [6.07, 6.45) is 0.362. The third-order valence-corrected chi connectivity index (χ3v) is 5.17. The Morgan fingerprint density at radius 1 is 0.957 bits per heavy atom. The summed E-state index contributed by atoms with van der Waals surface area (Å²) in [5.41, 5.74) is 2.85. The Balaban J connectivity index is 2.02. The molecule has 3 aromatic carbocycles. The van der Waals surface area contributed by atoms with Crippen molar-refractivity contribution in [3.05, 3.63) is 75.8 Å². The molecule has 0 aromatic heterocycles. The SMILES string of the molecule is O=C1C[C@@H](c2cccc(Cl)c2Cl)c2c(ccc3ccccc23)N1. The highest BCUT2D eigenvalue weighted by Crippen LogP contribution is 2.44. The average Bonchev–Trinajstić information content (AvgIpc) is 2.56. The normalized spacial score (nSPS) is 17.0. The Morgan fingerprint density at radius 2 is 1.78 bits per heavy atom. The van der Waals surface area contributed by atoms with Gasteiger partial charge in [-0.1, -0.05) is 65.7 Å². The quantitative estimate of drug-likeness (QED) is 0.611. The second kappa shape index (κ2) is 5.55. The van der Waals surface area contributed by atoms with Gasteiger partial charge >= 0.3 is 0 Å². The fourth-order valence-corrected chi connectivity index (χ4v) is 3.76. The van der Waals surface area contributed by atoms with Crippen molar-refractivity contribution in [3.8, 4) is 0 Å². The first-order valence-electron chi connectivity index (χ1n) is 7.40. The van der Waals surface area contributed by atoms with Crippen LogP contribution < -0.4 is 5.32 Å². The molecule has 1 amide bonds. The first kappa shape index (κ1) is 14.6. The second-order valence-electron chi connectivity index (χ2n) is 5.70. The van der Waals surface area contributed by atoms with Crippen LogP contribution in [0.4, 0.5) is 5.69 Å². The molecule has 2 nitrogen and oxygen atoms in total. The lowest BCUT2D eigenvalue weighted by Gasteiger charge is -2.28. The first-order valence-corrected chi connectivity index (χ1v) is 8.16. The number of fused-ring (bicyclic) bond motifs is 3. The van der Waals surface area contributed by atoms with E-state index < -0.39 is 0 Å². The van der Waals surface area contributed by atoms with E-state index in [1.165, 1.54) is 0 Å². The highest BCUT2D eigenvalue weighted by molar-refractivity contribution is 6.42. The van der Waals surface area contributed by atoms with Gasteiger partial charge in [0.2, 0.25) is 5.91 Å². The molecule has 114 valence electrons. The zero-order chi connectivity index (χ0) is 16.0. The van der Waals surface area contributed by atoms with E-state index in [1.54, 1.807) is 6.07 Å². The number of rotatable bonds is 1. The largest absolute Gasteiger partial charge is 0.326 e. The van der Waals surface area contributed by atoms with Crippen molar-refractivity contribution in [2.24, 2.45) is 0 Å². The molecular formula is C19H13Cl2NO. The van der Waals surface area contributed by atoms with Gasteiger partial charge in [0.05, 0.1) is 10.0 Å². The number of hydrogen-bond donors (Lipinski definition) is 1. The predicted octanol–water partition coefficient (Wildman–Crippen LogP) is 5.62. The minimum Gasteiger partial charge on any atom is -0.326 e. The van der Waals surface area contributed by atoms with Gasteiger partial charge in [0.25, 0.3) is 0 Å². The molecule has 0 fully saturated rings. The minimum atomic E-state index is -0.101. The number of carbonyl (C=O) groups excluding carboxylic acids is 1. The summed E-state index contributed by atoms with van der Waals surface area (Å²) in [7, 11) is 0. The van der Waals surface area contributed by atoms with Crippen molar-refractivity contribution in [2.75, 3.05) is 5.32 Å². The fourth-order valence-electron chi connectivity index (χ4n) is 3.32. The van der Waals surface area contributed by atoms with Gasteiger partial charge in [-0.2, -0.15) is 0 Å². The van der Waals surface area contributed by atoms with Gasteiger partial charge in [0.1, 0.15) is 0 Å². The van der Waals surface area contributed by atoms with Crippen molar-refractivity contribution in [1.29, 1.82) is 0 Å². The van der Waals surface area contributed by atoms with Crippen LogP contribution in [0.1, 0.15) is 23.5 Å². The summed E-state index contributed by atoms with van der Waals surface area (Å²) in [5, 5.41) is 6.28. The van der Waals surface area contributed by atoms with Gasteiger partial charge in [0.15, 0.2) is 0 Å². The van der Waals surface area contributed by atoms with Crippen LogP contribution in [0.2, 0.25) is 10.0 Å². The molecule has 3 aromatic rings. The molecular weight excluding hydrogens is 329 g/mol. The molecule has 0 aliphatic carbocycles. The van der Waals surface area contributed by atoms with Gasteiger partial charge in [-0.3, -0.25) is 4.79 Å². The average molecular weight is 342 g/mol. The Kier molecular flexibility index (Phi) is 3.51. The third-order valence-electron chi connectivity index (χ3n) is 4.34. The molecule has 0 radical (unpaired) electrons. The molecule has 1 aliphatic heterocycles. The zero-order valence-corrected chi connectivity index (χ0v) is 13.7. The van der Waals surface area contributed by atoms with Crippen molar-refractivity contribution in [1.82, 2.24) is 0 Å². The number of nitrogens with one attached hydrogen (secondary N) is 1. The van der Waals surface area contributed by atoms with Crippen molar-refractivity contribution in [2.45, 2.75) is 12.3 Å². The summed E-state index contributed by atoms with van der Waals surface area (Å²) in [6, 6.07) is 17.7. The Bertz CT molecular complexity index is 936. The van der Waals surface area contributed by atoms with E-state index in [9.17, 15) is 4.79 Å². The van der Waals surface area contributed by atoms with E-state index in [4.69, 9.17) is 23.2 Å². The zero-order valence-electron chi connectivity index (χ0n) is 12.1. The maximum atomic E-state index is 12.2. The molecule has 0 unspecified atom stereocenters. The molecule has 1 N–H and O–H groups in total. The van der Waals surface area contributed by atoms with Crippen LogP contribution in [-0.4, -0.2) is 5.91 Å². The second-order valence-corrected chi connectivity index (χ2v) is 6.48. The number of benzene rings is 3. The summed E-state index contributed by atoms with van der Waals surface area (Å²) in [4.78, 5) is 12.2. The van der Waals surface area contributed by atoms with Gasteiger partial charge in [-0.05, 0) is 34.0 Å². The van der Waals surface area contributed by atoms with Crippen molar-refractivity contribution >= 4 is 45.6 Å². The lowest BCUT2D eigenvalue weighted by Crippen LogP contribution is -2.24. The fraction of sp³-hybridized carbons (Fsp3) is 0.105. The molecule has 0 saturated heterocycles. The number of anilines is 1. The molecule has 0 bridgehead atoms. The summed E-state index contributed by atoms with van der Waals surface area (Å²) >= 11 is 12.6. The molecule has 4 rings (SSSR count). The standard InChI is InChI=1S/C19H13Cl2NO/c20-15-7-3-6-13(19(15)21)14-10-17(23)22-16-9-8-11-4-1-2-5-12(11)18(14)16/h1-9,14H,10H2,(H,22,23)/t14-/m0/s1. The molecule has 1 aliphatic rings. The molecule has 0 saturated carbocycles. The maximum absolute atomic E-state index is 12.2. The van der Waals surface area contributed by atoms with E-state index in [1.807, 2.05) is 36.4 Å². The van der Waals surface area contributed by atoms with Gasteiger partial charge < -0.3 is 5.32 Å². The highest BCUT2D eigenvalue weighted by Gasteiger charge is 2.29. The molecule has 1 heterocycles. The van der Waals surface area contributed by atoms with E-state index in [0.29, 0.717) is 16.5 Å². The highest BCUT2D eigenvalue weighted by atomic mass is 35.5. The maximum Gasteiger partial charge on any atom is 0.225 e. The summed E-state index contributed by atoms with van der Waals surface area (Å²) in [6.45, 7) is 0. The van der Waals surface area contributed by atoms with E-state index in [2.05, 4.69) is 17.4 Å². The lowest BCUT2D eigenvalue weighted by molar-refractivity contribution is -0.116. The van der Waals surface area contributed by atoms with Crippen molar-refractivity contribution < 1.29 is 4.79 Å². The molecule has 23 heavy (non-hydrogen) atoms. The Morgan fingerprint density at radius 3 is 2.65 bits per heavy atom. The van der Waals surface area contributed by atoms with Crippen LogP contribution in [0.3, 0.4) is 0 Å². The predicted molar refractivity (Wildman–Crippen MR) is 95.5 cm³/mol. The van der Waals surface area contributed by atoms with Crippen LogP contribution in [0, 0.1) is 0 Å². The van der Waals surface area contributed by atoms with Crippen LogP contribution in [0.25, 0.3) is 10.8 Å². The number of amides is 1. The first-order chi connectivity index (χ1) is 11.1. The van der Waals surface area contributed by atoms with E-state index in [-0.39, 0.29) is 11.8 Å². The molecule has 1 atom stereocenters. The van der Waals surface area contributed by atoms with Crippen molar-refractivity contribution in [3.63, 3.8) is 0 Å². The number of halogens is 2. The third kappa shape index (κ3) is 2.39. The van der Waals surface area contributed by atoms with E-state index >= 15 is 0 Å². The van der Waals surface area contributed by atoms with Gasteiger partial charge in [0, 0.05) is 18.0 Å². The van der Waals surface area contributed by atoms with E-state index in [0.717, 1.165) is 27.6 Å². The number of hydrogen-bond acceptors (Lipinski definition) is 1.